The molecule has 5 heteroatoms. The number of nitriles is 1. The van der Waals surface area contributed by atoms with Crippen LogP contribution in [0, 0.1) is 11.3 Å². The van der Waals surface area contributed by atoms with Gasteiger partial charge in [0.25, 0.3) is 5.19 Å². The molecule has 4 nitrogen and oxygen atoms in total. The molecule has 0 aliphatic heterocycles. The fourth-order valence-electron chi connectivity index (χ4n) is 3.27. The third-order valence-electron chi connectivity index (χ3n) is 4.95. The van der Waals surface area contributed by atoms with Gasteiger partial charge in [0, 0.05) is 24.3 Å². The largest absolute Gasteiger partial charge is 0.431 e. The van der Waals surface area contributed by atoms with Crippen molar-refractivity contribution in [2.75, 3.05) is 19.6 Å². The highest BCUT2D eigenvalue weighted by molar-refractivity contribution is 7.13. The maximum Gasteiger partial charge on any atom is 0.279 e. The molecular formula is C24H29N3OS. The molecule has 0 bridgehead atoms. The van der Waals surface area contributed by atoms with Crippen molar-refractivity contribution in [3.8, 4) is 17.0 Å². The predicted molar refractivity (Wildman–Crippen MR) is 120 cm³/mol. The third-order valence-corrected chi connectivity index (χ3v) is 5.92. The lowest BCUT2D eigenvalue weighted by Gasteiger charge is -2.21. The summed E-state index contributed by atoms with van der Waals surface area (Å²) in [6.07, 6.45) is 14.2. The smallest absolute Gasteiger partial charge is 0.279 e. The quantitative estimate of drug-likeness (QED) is 0.428. The maximum atomic E-state index is 8.76. The van der Waals surface area contributed by atoms with Crippen LogP contribution in [0.1, 0.15) is 48.7 Å². The minimum absolute atomic E-state index is 0.640. The Labute approximate surface area is 178 Å². The summed E-state index contributed by atoms with van der Waals surface area (Å²) in [4.78, 5) is 8.31. The van der Waals surface area contributed by atoms with E-state index in [-0.39, 0.29) is 0 Å². The third kappa shape index (κ3) is 6.85. The van der Waals surface area contributed by atoms with Crippen molar-refractivity contribution >= 4 is 17.4 Å². The van der Waals surface area contributed by atoms with Crippen LogP contribution in [0.4, 0.5) is 0 Å². The average molecular weight is 408 g/mol. The van der Waals surface area contributed by atoms with Crippen LogP contribution >= 0.6 is 11.3 Å². The lowest BCUT2D eigenvalue weighted by atomic mass is 10.1. The van der Waals surface area contributed by atoms with E-state index in [9.17, 15) is 0 Å². The van der Waals surface area contributed by atoms with Gasteiger partial charge in [-0.25, -0.2) is 4.98 Å². The number of allylic oxidation sites excluding steroid dienone is 3. The van der Waals surface area contributed by atoms with Gasteiger partial charge in [-0.05, 0) is 56.1 Å². The van der Waals surface area contributed by atoms with E-state index in [2.05, 4.69) is 47.2 Å². The number of aromatic nitrogens is 1. The second-order valence-electron chi connectivity index (χ2n) is 7.23. The minimum atomic E-state index is 0.640. The molecule has 1 aromatic heterocycles. The van der Waals surface area contributed by atoms with Crippen LogP contribution < -0.4 is 4.74 Å². The van der Waals surface area contributed by atoms with Gasteiger partial charge >= 0.3 is 0 Å². The lowest BCUT2D eigenvalue weighted by molar-refractivity contribution is 0.270. The zero-order chi connectivity index (χ0) is 20.3. The van der Waals surface area contributed by atoms with Crippen LogP contribution in [0.3, 0.4) is 0 Å². The minimum Gasteiger partial charge on any atom is -0.431 e. The van der Waals surface area contributed by atoms with Crippen LogP contribution in [0.5, 0.6) is 10.9 Å². The van der Waals surface area contributed by atoms with Gasteiger partial charge in [-0.15, -0.1) is 0 Å². The normalized spacial score (nSPS) is 12.6. The second-order valence-corrected chi connectivity index (χ2v) is 8.28. The molecule has 2 aromatic rings. The zero-order valence-electron chi connectivity index (χ0n) is 17.1. The Balaban J connectivity index is 1.52. The van der Waals surface area contributed by atoms with Crippen LogP contribution in [0.2, 0.25) is 0 Å². The van der Waals surface area contributed by atoms with Crippen molar-refractivity contribution in [3.05, 3.63) is 58.6 Å². The SMILES string of the molecule is CCCCN(CCCC#N)CCc1ccc(Oc2nc3c(s2)CC=CC=C3)cc1. The molecule has 0 unspecified atom stereocenters. The van der Waals surface area contributed by atoms with E-state index in [0.717, 1.165) is 50.3 Å². The summed E-state index contributed by atoms with van der Waals surface area (Å²) in [7, 11) is 0. The fraction of sp³-hybridized carbons (Fsp3) is 0.417. The van der Waals surface area contributed by atoms with E-state index in [0.29, 0.717) is 11.6 Å². The lowest BCUT2D eigenvalue weighted by Crippen LogP contribution is -2.28. The first kappa shape index (κ1) is 21.3. The van der Waals surface area contributed by atoms with Gasteiger partial charge in [-0.2, -0.15) is 5.26 Å². The molecule has 1 heterocycles. The van der Waals surface area contributed by atoms with Gasteiger partial charge in [-0.3, -0.25) is 0 Å². The summed E-state index contributed by atoms with van der Waals surface area (Å²) in [5, 5.41) is 9.46. The number of hydrogen-bond acceptors (Lipinski definition) is 5. The molecule has 0 amide bonds. The number of unbranched alkanes of at least 4 members (excludes halogenated alkanes) is 2. The van der Waals surface area contributed by atoms with Gasteiger partial charge in [0.15, 0.2) is 0 Å². The van der Waals surface area contributed by atoms with Crippen molar-refractivity contribution < 1.29 is 4.74 Å². The van der Waals surface area contributed by atoms with Gasteiger partial charge in [0.2, 0.25) is 0 Å². The summed E-state index contributed by atoms with van der Waals surface area (Å²) in [6.45, 7) is 5.37. The summed E-state index contributed by atoms with van der Waals surface area (Å²) >= 11 is 1.61. The fourth-order valence-corrected chi connectivity index (χ4v) is 4.16. The summed E-state index contributed by atoms with van der Waals surface area (Å²) in [5.41, 5.74) is 2.32. The number of rotatable bonds is 11. The van der Waals surface area contributed by atoms with Gasteiger partial charge in [0.05, 0.1) is 11.8 Å². The zero-order valence-corrected chi connectivity index (χ0v) is 18.0. The highest BCUT2D eigenvalue weighted by atomic mass is 32.1. The Morgan fingerprint density at radius 3 is 2.76 bits per heavy atom. The molecule has 3 rings (SSSR count). The summed E-state index contributed by atoms with van der Waals surface area (Å²) < 4.78 is 5.98. The second kappa shape index (κ2) is 11.5. The molecule has 0 radical (unpaired) electrons. The number of nitrogens with zero attached hydrogens (tertiary/aromatic N) is 3. The molecule has 0 saturated heterocycles. The Kier molecular flexibility index (Phi) is 8.48. The van der Waals surface area contributed by atoms with Crippen molar-refractivity contribution in [1.82, 2.24) is 9.88 Å². The Morgan fingerprint density at radius 1 is 1.14 bits per heavy atom. The Bertz CT molecular complexity index is 861. The van der Waals surface area contributed by atoms with Gasteiger partial charge in [-0.1, -0.05) is 55.0 Å². The van der Waals surface area contributed by atoms with Crippen LogP contribution in [0.15, 0.2) is 42.5 Å². The molecule has 0 atom stereocenters. The maximum absolute atomic E-state index is 8.76. The molecule has 29 heavy (non-hydrogen) atoms. The average Bonchev–Trinajstić information content (AvgIpc) is 2.98. The molecular weight excluding hydrogens is 378 g/mol. The van der Waals surface area contributed by atoms with E-state index in [1.807, 2.05) is 24.3 Å². The molecule has 1 aliphatic carbocycles. The molecule has 1 aliphatic rings. The molecule has 0 N–H and O–H groups in total. The molecule has 0 fully saturated rings. The van der Waals surface area contributed by atoms with E-state index < -0.39 is 0 Å². The van der Waals surface area contributed by atoms with E-state index in [1.54, 1.807) is 11.3 Å². The van der Waals surface area contributed by atoms with E-state index in [1.165, 1.54) is 23.3 Å². The Hall–Kier alpha value is -2.42. The summed E-state index contributed by atoms with van der Waals surface area (Å²) in [5.74, 6) is 0.828. The van der Waals surface area contributed by atoms with Crippen LogP contribution in [-0.4, -0.2) is 29.5 Å². The molecule has 0 saturated carbocycles. The summed E-state index contributed by atoms with van der Waals surface area (Å²) in [6, 6.07) is 10.6. The van der Waals surface area contributed by atoms with Crippen molar-refractivity contribution in [3.63, 3.8) is 0 Å². The topological polar surface area (TPSA) is 49.2 Å². The standard InChI is InChI=1S/C24H29N3OS/c1-2-3-17-27(18-8-7-16-25)19-15-20-11-13-21(14-12-20)28-24-26-22-9-5-4-6-10-23(22)29-24/h4-6,9,11-14H,2-3,7-8,10,15,17-19H2,1H3. The van der Waals surface area contributed by atoms with E-state index >= 15 is 0 Å². The van der Waals surface area contributed by atoms with Crippen molar-refractivity contribution in [2.45, 2.75) is 45.4 Å². The Morgan fingerprint density at radius 2 is 1.97 bits per heavy atom. The molecule has 1 aromatic carbocycles. The van der Waals surface area contributed by atoms with Gasteiger partial charge < -0.3 is 9.64 Å². The first-order chi connectivity index (χ1) is 14.3. The monoisotopic (exact) mass is 407 g/mol. The number of thiazole rings is 1. The van der Waals surface area contributed by atoms with Crippen molar-refractivity contribution in [1.29, 1.82) is 5.26 Å². The highest BCUT2D eigenvalue weighted by Gasteiger charge is 2.11. The number of fused-ring (bicyclic) bond motifs is 1. The first-order valence-electron chi connectivity index (χ1n) is 10.5. The molecule has 152 valence electrons. The van der Waals surface area contributed by atoms with Crippen LogP contribution in [0.25, 0.3) is 6.08 Å². The highest BCUT2D eigenvalue weighted by Crippen LogP contribution is 2.31. The molecule has 0 spiro atoms. The number of benzene rings is 1. The van der Waals surface area contributed by atoms with E-state index in [4.69, 9.17) is 10.00 Å². The number of ether oxygens (including phenoxy) is 1. The predicted octanol–water partition coefficient (Wildman–Crippen LogP) is 6.01. The van der Waals surface area contributed by atoms with Crippen molar-refractivity contribution in [2.24, 2.45) is 0 Å². The number of hydrogen-bond donors (Lipinski definition) is 0. The van der Waals surface area contributed by atoms with Gasteiger partial charge in [0.1, 0.15) is 5.75 Å². The first-order valence-corrected chi connectivity index (χ1v) is 11.3. The van der Waals surface area contributed by atoms with Crippen LogP contribution in [-0.2, 0) is 12.8 Å².